The first-order chi connectivity index (χ1) is 24.4. The van der Waals surface area contributed by atoms with Crippen LogP contribution in [0.5, 0.6) is 11.5 Å². The predicted octanol–water partition coefficient (Wildman–Crippen LogP) is 9.96. The maximum Gasteiger partial charge on any atom is 0.639 e. The number of fused-ring (bicyclic) bond motifs is 1. The van der Waals surface area contributed by atoms with E-state index in [4.69, 9.17) is 9.31 Å². The van der Waals surface area contributed by atoms with Crippen molar-refractivity contribution >= 4 is 55.7 Å². The molecule has 0 radical (unpaired) electrons. The number of benzene rings is 7. The van der Waals surface area contributed by atoms with Crippen molar-refractivity contribution in [2.24, 2.45) is 0 Å². The second-order valence-electron chi connectivity index (χ2n) is 10.8. The van der Waals surface area contributed by atoms with E-state index in [-0.39, 0.29) is 6.07 Å². The zero-order valence-corrected chi connectivity index (χ0v) is 24.1. The average Bonchev–Trinajstić information content (AvgIpc) is 3.09. The van der Waals surface area contributed by atoms with Crippen LogP contribution in [0.15, 0.2) is 24.3 Å². The van der Waals surface area contributed by atoms with Crippen LogP contribution in [0.1, 0.15) is 0 Å². The third-order valence-electron chi connectivity index (χ3n) is 8.06. The zero-order chi connectivity index (χ0) is 38.0. The minimum Gasteiger partial charge on any atom is -0.521 e. The second-order valence-corrected chi connectivity index (χ2v) is 10.8. The van der Waals surface area contributed by atoms with Crippen LogP contribution >= 0.6 is 0 Å². The fourth-order valence-electron chi connectivity index (χ4n) is 5.83. The van der Waals surface area contributed by atoms with Gasteiger partial charge in [0.25, 0.3) is 0 Å². The van der Waals surface area contributed by atoms with Crippen LogP contribution < -0.4 is 14.8 Å². The maximum absolute atomic E-state index is 15.8. The van der Waals surface area contributed by atoms with E-state index in [0.29, 0.717) is 18.2 Å². The van der Waals surface area contributed by atoms with Gasteiger partial charge in [0.15, 0.2) is 87.2 Å². The van der Waals surface area contributed by atoms with Crippen molar-refractivity contribution in [3.63, 3.8) is 0 Å². The lowest BCUT2D eigenvalue weighted by atomic mass is 9.76. The number of hydrogen-bond donors (Lipinski definition) is 0. The van der Waals surface area contributed by atoms with Gasteiger partial charge in [-0.25, -0.2) is 70.2 Å². The highest BCUT2D eigenvalue weighted by molar-refractivity contribution is 6.63. The third-order valence-corrected chi connectivity index (χ3v) is 8.06. The minimum atomic E-state index is -3.51. The first-order valence-electron chi connectivity index (χ1n) is 13.7. The van der Waals surface area contributed by atoms with Gasteiger partial charge in [-0.15, -0.1) is 0 Å². The summed E-state index contributed by atoms with van der Waals surface area (Å²) in [5.41, 5.74) is -2.30. The lowest BCUT2D eigenvalue weighted by Crippen LogP contribution is -2.48. The normalized spacial score (nSPS) is 11.9. The predicted molar refractivity (Wildman–Crippen MR) is 146 cm³/mol. The van der Waals surface area contributed by atoms with Crippen LogP contribution in [0.4, 0.5) is 74.6 Å². The van der Waals surface area contributed by atoms with Gasteiger partial charge in [0.05, 0.1) is 32.4 Å². The molecule has 0 aliphatic carbocycles. The number of halogens is 17. The lowest BCUT2D eigenvalue weighted by Gasteiger charge is -2.23. The van der Waals surface area contributed by atoms with E-state index in [1.165, 1.54) is 0 Å². The van der Waals surface area contributed by atoms with E-state index < -0.39 is 166 Å². The van der Waals surface area contributed by atoms with Crippen molar-refractivity contribution in [3.8, 4) is 11.5 Å². The Hall–Kier alpha value is -5.69. The fourth-order valence-corrected chi connectivity index (χ4v) is 5.83. The first-order valence-corrected chi connectivity index (χ1v) is 13.7. The van der Waals surface area contributed by atoms with Crippen molar-refractivity contribution < 1.29 is 83.9 Å². The van der Waals surface area contributed by atoms with Crippen LogP contribution in [-0.4, -0.2) is 7.12 Å². The molecule has 0 heterocycles. The first kappa shape index (κ1) is 34.7. The molecule has 2 nitrogen and oxygen atoms in total. The highest BCUT2D eigenvalue weighted by atomic mass is 19.2. The summed E-state index contributed by atoms with van der Waals surface area (Å²) in [5.74, 6) is -45.9. The van der Waals surface area contributed by atoms with Gasteiger partial charge in [-0.2, -0.15) is 4.39 Å². The Morgan fingerprint density at radius 1 is 0.346 bits per heavy atom. The standard InChI is InChI=1S/C32H4BF17O2/c34-5-3-6-9(2-1-7(35)10(6)8(36)4-5)51-33(17-25(44)28(47)30(49)29(48)26(17)45)52-32-16-12-11-13(18(37)19(38)15(12)23(42)31(32)50)21(40)27(46)22(41)14(11)20(39)24(16)43/h1-4H. The van der Waals surface area contributed by atoms with Crippen molar-refractivity contribution in [3.05, 3.63) is 123 Å². The molecule has 52 heavy (non-hydrogen) atoms. The summed E-state index contributed by atoms with van der Waals surface area (Å²) in [7, 11) is -3.51. The molecule has 0 N–H and O–H groups in total. The smallest absolute Gasteiger partial charge is 0.521 e. The average molecular weight is 754 g/mol. The topological polar surface area (TPSA) is 18.5 Å². The maximum atomic E-state index is 15.8. The quantitative estimate of drug-likeness (QED) is 0.0573. The molecule has 0 aromatic heterocycles. The molecule has 0 aliphatic heterocycles. The zero-order valence-electron chi connectivity index (χ0n) is 24.1. The molecule has 7 aromatic rings. The Labute approximate surface area is 274 Å². The van der Waals surface area contributed by atoms with Crippen LogP contribution in [0.2, 0.25) is 0 Å². The molecule has 0 saturated carbocycles. The van der Waals surface area contributed by atoms with Crippen LogP contribution in [0.25, 0.3) is 43.1 Å². The van der Waals surface area contributed by atoms with Gasteiger partial charge in [0.2, 0.25) is 0 Å². The largest absolute Gasteiger partial charge is 0.639 e. The van der Waals surface area contributed by atoms with Gasteiger partial charge in [-0.3, -0.25) is 0 Å². The van der Waals surface area contributed by atoms with Gasteiger partial charge in [0, 0.05) is 22.2 Å². The molecule has 20 heteroatoms. The van der Waals surface area contributed by atoms with Crippen LogP contribution in [0, 0.1) is 98.9 Å². The summed E-state index contributed by atoms with van der Waals surface area (Å²) in [6, 6.07) is 1.20. The van der Waals surface area contributed by atoms with Gasteiger partial charge in [0.1, 0.15) is 23.2 Å². The Balaban J connectivity index is 1.61. The summed E-state index contributed by atoms with van der Waals surface area (Å²) >= 11 is 0. The minimum absolute atomic E-state index is 0.132. The van der Waals surface area contributed by atoms with Gasteiger partial charge in [-0.1, -0.05) is 0 Å². The van der Waals surface area contributed by atoms with E-state index in [0.717, 1.165) is 0 Å². The van der Waals surface area contributed by atoms with E-state index in [1.807, 2.05) is 0 Å². The molecule has 0 amide bonds. The molecule has 266 valence electrons. The van der Waals surface area contributed by atoms with Gasteiger partial charge < -0.3 is 9.31 Å². The monoisotopic (exact) mass is 754 g/mol. The van der Waals surface area contributed by atoms with E-state index in [2.05, 4.69) is 0 Å². The van der Waals surface area contributed by atoms with Crippen molar-refractivity contribution in [2.75, 3.05) is 0 Å². The van der Waals surface area contributed by atoms with Crippen molar-refractivity contribution in [1.82, 2.24) is 0 Å². The SMILES string of the molecule is Fc1cc(F)c2c(F)ccc(OB(Oc3c(F)c(F)c4c(F)c(F)c5c(F)c(F)c(F)c6c(F)c(F)c3c4c56)c3c(F)c(F)c(F)c(F)c3F)c2c1. The molecule has 0 bridgehead atoms. The number of hydrogen-bond acceptors (Lipinski definition) is 2. The number of rotatable bonds is 5. The molecular formula is C32H4BF17O2. The molecule has 0 unspecified atom stereocenters. The molecule has 0 atom stereocenters. The Bertz CT molecular complexity index is 2680. The van der Waals surface area contributed by atoms with Crippen molar-refractivity contribution in [1.29, 1.82) is 0 Å². The molecule has 0 aliphatic rings. The van der Waals surface area contributed by atoms with E-state index >= 15 is 35.1 Å². The van der Waals surface area contributed by atoms with E-state index in [9.17, 15) is 39.5 Å². The molecule has 7 rings (SSSR count). The molecular weight excluding hydrogens is 750 g/mol. The van der Waals surface area contributed by atoms with Crippen LogP contribution in [-0.2, 0) is 0 Å². The molecule has 0 spiro atoms. The third kappa shape index (κ3) is 4.54. The lowest BCUT2D eigenvalue weighted by molar-refractivity contribution is 0.372. The molecule has 0 fully saturated rings. The summed E-state index contributed by atoms with van der Waals surface area (Å²) in [6.45, 7) is 0. The highest BCUT2D eigenvalue weighted by Gasteiger charge is 2.43. The second kappa shape index (κ2) is 11.7. The van der Waals surface area contributed by atoms with Crippen molar-refractivity contribution in [2.45, 2.75) is 0 Å². The van der Waals surface area contributed by atoms with E-state index in [1.54, 1.807) is 0 Å². The fraction of sp³-hybridized carbons (Fsp3) is 0. The molecule has 0 saturated heterocycles. The Morgan fingerprint density at radius 3 is 1.31 bits per heavy atom. The summed E-state index contributed by atoms with van der Waals surface area (Å²) < 4.78 is 263. The summed E-state index contributed by atoms with van der Waals surface area (Å²) in [6.07, 6.45) is 0. The summed E-state index contributed by atoms with van der Waals surface area (Å²) in [4.78, 5) is 0. The Morgan fingerprint density at radius 2 is 0.769 bits per heavy atom. The van der Waals surface area contributed by atoms with Gasteiger partial charge in [-0.05, 0) is 18.2 Å². The molecule has 7 aromatic carbocycles. The summed E-state index contributed by atoms with van der Waals surface area (Å²) in [5, 5.41) is -13.6. The van der Waals surface area contributed by atoms with Crippen LogP contribution in [0.3, 0.4) is 0 Å². The highest BCUT2D eigenvalue weighted by Crippen LogP contribution is 2.48. The van der Waals surface area contributed by atoms with Gasteiger partial charge >= 0.3 is 7.12 Å². The Kier molecular flexibility index (Phi) is 7.80.